The van der Waals surface area contributed by atoms with Crippen molar-refractivity contribution in [1.82, 2.24) is 0 Å². The van der Waals surface area contributed by atoms with Crippen molar-refractivity contribution in [3.05, 3.63) is 132 Å². The van der Waals surface area contributed by atoms with Crippen LogP contribution in [0, 0.1) is 0 Å². The van der Waals surface area contributed by atoms with Gasteiger partial charge >= 0.3 is 0 Å². The quantitative estimate of drug-likeness (QED) is 0.296. The second-order valence-electron chi connectivity index (χ2n) is 9.51. The van der Waals surface area contributed by atoms with E-state index in [2.05, 4.69) is 140 Å². The Labute approximate surface area is 201 Å². The normalized spacial score (nSPS) is 13.2. The summed E-state index contributed by atoms with van der Waals surface area (Å²) in [7, 11) is 0. The maximum absolute atomic E-state index is 3.80. The fourth-order valence-electron chi connectivity index (χ4n) is 5.32. The summed E-state index contributed by atoms with van der Waals surface area (Å²) >= 11 is 0. The first-order valence-electron chi connectivity index (χ1n) is 11.9. The standard InChI is InChI=1S/C33H27N/c1-33(2)28-15-8-6-14-27(28)32-29(33)16-10-18-31(32)34-30-17-9-7-13-26(30)25-21-19-24(20-22-25)23-11-4-3-5-12-23/h3-22,34H,1-2H3. The van der Waals surface area contributed by atoms with Crippen molar-refractivity contribution in [3.8, 4) is 33.4 Å². The predicted molar refractivity (Wildman–Crippen MR) is 145 cm³/mol. The largest absolute Gasteiger partial charge is 0.355 e. The lowest BCUT2D eigenvalue weighted by Gasteiger charge is -2.22. The van der Waals surface area contributed by atoms with Crippen molar-refractivity contribution in [2.45, 2.75) is 19.3 Å². The molecule has 0 unspecified atom stereocenters. The lowest BCUT2D eigenvalue weighted by molar-refractivity contribution is 0.660. The van der Waals surface area contributed by atoms with E-state index in [0.717, 1.165) is 11.4 Å². The van der Waals surface area contributed by atoms with Gasteiger partial charge < -0.3 is 5.32 Å². The first kappa shape index (κ1) is 20.5. The van der Waals surface area contributed by atoms with Crippen molar-refractivity contribution in [2.75, 3.05) is 5.32 Å². The lowest BCUT2D eigenvalue weighted by Crippen LogP contribution is -2.14. The number of para-hydroxylation sites is 1. The van der Waals surface area contributed by atoms with Gasteiger partial charge in [0.15, 0.2) is 0 Å². The van der Waals surface area contributed by atoms with Gasteiger partial charge in [0.25, 0.3) is 0 Å². The Kier molecular flexibility index (Phi) is 4.85. The van der Waals surface area contributed by atoms with E-state index in [-0.39, 0.29) is 5.41 Å². The van der Waals surface area contributed by atoms with Gasteiger partial charge in [-0.3, -0.25) is 0 Å². The smallest absolute Gasteiger partial charge is 0.0467 e. The van der Waals surface area contributed by atoms with Crippen LogP contribution in [0.2, 0.25) is 0 Å². The molecule has 0 amide bonds. The van der Waals surface area contributed by atoms with Gasteiger partial charge in [0, 0.05) is 27.9 Å². The molecule has 0 aromatic heterocycles. The molecule has 164 valence electrons. The van der Waals surface area contributed by atoms with Crippen LogP contribution in [-0.4, -0.2) is 0 Å². The number of benzene rings is 5. The highest BCUT2D eigenvalue weighted by molar-refractivity contribution is 5.93. The summed E-state index contributed by atoms with van der Waals surface area (Å²) in [4.78, 5) is 0. The van der Waals surface area contributed by atoms with E-state index in [0.29, 0.717) is 0 Å². The number of nitrogens with one attached hydrogen (secondary N) is 1. The van der Waals surface area contributed by atoms with E-state index in [1.165, 1.54) is 44.5 Å². The predicted octanol–water partition coefficient (Wildman–Crippen LogP) is 9.07. The van der Waals surface area contributed by atoms with Crippen LogP contribution in [0.3, 0.4) is 0 Å². The number of hydrogen-bond acceptors (Lipinski definition) is 1. The summed E-state index contributed by atoms with van der Waals surface area (Å²) in [5.41, 5.74) is 12.6. The molecule has 0 saturated heterocycles. The van der Waals surface area contributed by atoms with Crippen LogP contribution in [0.5, 0.6) is 0 Å². The first-order valence-corrected chi connectivity index (χ1v) is 11.9. The molecule has 1 nitrogen and oxygen atoms in total. The first-order chi connectivity index (χ1) is 16.6. The third-order valence-corrected chi connectivity index (χ3v) is 7.11. The Morgan fingerprint density at radius 3 is 1.79 bits per heavy atom. The van der Waals surface area contributed by atoms with Crippen LogP contribution in [0.15, 0.2) is 121 Å². The molecular weight excluding hydrogens is 410 g/mol. The van der Waals surface area contributed by atoms with E-state index in [4.69, 9.17) is 0 Å². The van der Waals surface area contributed by atoms with Gasteiger partial charge in [-0.2, -0.15) is 0 Å². The highest BCUT2D eigenvalue weighted by Gasteiger charge is 2.36. The van der Waals surface area contributed by atoms with E-state index in [1.54, 1.807) is 0 Å². The molecule has 1 aliphatic rings. The summed E-state index contributed by atoms with van der Waals surface area (Å²) < 4.78 is 0. The Morgan fingerprint density at radius 1 is 0.441 bits per heavy atom. The zero-order valence-corrected chi connectivity index (χ0v) is 19.5. The van der Waals surface area contributed by atoms with Gasteiger partial charge in [-0.05, 0) is 45.5 Å². The van der Waals surface area contributed by atoms with Gasteiger partial charge in [0.1, 0.15) is 0 Å². The lowest BCUT2D eigenvalue weighted by atomic mass is 9.82. The maximum atomic E-state index is 3.80. The molecule has 0 aliphatic heterocycles. The van der Waals surface area contributed by atoms with Crippen LogP contribution in [0.25, 0.3) is 33.4 Å². The van der Waals surface area contributed by atoms with Gasteiger partial charge in [0.05, 0.1) is 0 Å². The topological polar surface area (TPSA) is 12.0 Å². The average molecular weight is 438 g/mol. The molecule has 0 spiro atoms. The van der Waals surface area contributed by atoms with Crippen LogP contribution in [0.4, 0.5) is 11.4 Å². The van der Waals surface area contributed by atoms with E-state index in [9.17, 15) is 0 Å². The highest BCUT2D eigenvalue weighted by atomic mass is 14.9. The summed E-state index contributed by atoms with van der Waals surface area (Å²) in [5, 5.41) is 3.80. The van der Waals surface area contributed by atoms with Gasteiger partial charge in [-0.25, -0.2) is 0 Å². The zero-order chi connectivity index (χ0) is 23.1. The van der Waals surface area contributed by atoms with E-state index < -0.39 is 0 Å². The van der Waals surface area contributed by atoms with E-state index in [1.807, 2.05) is 0 Å². The van der Waals surface area contributed by atoms with Crippen LogP contribution < -0.4 is 5.32 Å². The number of anilines is 2. The zero-order valence-electron chi connectivity index (χ0n) is 19.5. The average Bonchev–Trinajstić information content (AvgIpc) is 3.13. The Morgan fingerprint density at radius 2 is 1.00 bits per heavy atom. The van der Waals surface area contributed by atoms with Crippen LogP contribution in [0.1, 0.15) is 25.0 Å². The van der Waals surface area contributed by atoms with Crippen molar-refractivity contribution in [2.24, 2.45) is 0 Å². The summed E-state index contributed by atoms with van der Waals surface area (Å²) in [6.45, 7) is 4.65. The summed E-state index contributed by atoms with van der Waals surface area (Å²) in [6.07, 6.45) is 0. The van der Waals surface area contributed by atoms with Crippen LogP contribution >= 0.6 is 0 Å². The molecule has 6 rings (SSSR count). The third kappa shape index (κ3) is 3.33. The van der Waals surface area contributed by atoms with Crippen LogP contribution in [-0.2, 0) is 5.41 Å². The summed E-state index contributed by atoms with van der Waals surface area (Å²) in [6, 6.07) is 43.4. The Bertz CT molecular complexity index is 1480. The molecule has 0 bridgehead atoms. The van der Waals surface area contributed by atoms with Gasteiger partial charge in [-0.1, -0.05) is 123 Å². The highest BCUT2D eigenvalue weighted by Crippen LogP contribution is 2.51. The molecule has 1 aliphatic carbocycles. The minimum absolute atomic E-state index is 0.00357. The molecular formula is C33H27N. The fourth-order valence-corrected chi connectivity index (χ4v) is 5.32. The second kappa shape index (κ2) is 8.04. The molecule has 0 heterocycles. The van der Waals surface area contributed by atoms with Crippen molar-refractivity contribution < 1.29 is 0 Å². The van der Waals surface area contributed by atoms with Gasteiger partial charge in [0.2, 0.25) is 0 Å². The molecule has 1 heteroatoms. The minimum Gasteiger partial charge on any atom is -0.355 e. The molecule has 5 aromatic rings. The molecule has 0 radical (unpaired) electrons. The monoisotopic (exact) mass is 437 g/mol. The number of fused-ring (bicyclic) bond motifs is 3. The maximum Gasteiger partial charge on any atom is 0.0467 e. The van der Waals surface area contributed by atoms with Crippen molar-refractivity contribution >= 4 is 11.4 Å². The van der Waals surface area contributed by atoms with E-state index >= 15 is 0 Å². The Hall–Kier alpha value is -4.10. The second-order valence-corrected chi connectivity index (χ2v) is 9.51. The SMILES string of the molecule is CC1(C)c2ccccc2-c2c(Nc3ccccc3-c3ccc(-c4ccccc4)cc3)cccc21. The molecule has 34 heavy (non-hydrogen) atoms. The van der Waals surface area contributed by atoms with Crippen molar-refractivity contribution in [1.29, 1.82) is 0 Å². The fraction of sp³-hybridized carbons (Fsp3) is 0.0909. The number of rotatable bonds is 4. The molecule has 0 saturated carbocycles. The molecule has 5 aromatic carbocycles. The third-order valence-electron chi connectivity index (χ3n) is 7.11. The van der Waals surface area contributed by atoms with Crippen molar-refractivity contribution in [3.63, 3.8) is 0 Å². The number of hydrogen-bond donors (Lipinski definition) is 1. The molecule has 0 fully saturated rings. The molecule has 0 atom stereocenters. The minimum atomic E-state index is -0.00357. The van der Waals surface area contributed by atoms with Gasteiger partial charge in [-0.15, -0.1) is 0 Å². The summed E-state index contributed by atoms with van der Waals surface area (Å²) in [5.74, 6) is 0. The molecule has 1 N–H and O–H groups in total. The Balaban J connectivity index is 1.40.